The van der Waals surface area contributed by atoms with E-state index in [0.29, 0.717) is 12.3 Å². The van der Waals surface area contributed by atoms with Crippen molar-refractivity contribution in [2.24, 2.45) is 0 Å². The predicted molar refractivity (Wildman–Crippen MR) is 104 cm³/mol. The van der Waals surface area contributed by atoms with Crippen LogP contribution in [0.4, 0.5) is 0 Å². The van der Waals surface area contributed by atoms with Gasteiger partial charge in [0, 0.05) is 44.0 Å². The van der Waals surface area contributed by atoms with Gasteiger partial charge >= 0.3 is 0 Å². The third kappa shape index (κ3) is 4.26. The highest BCUT2D eigenvalue weighted by Gasteiger charge is 2.32. The van der Waals surface area contributed by atoms with E-state index in [9.17, 15) is 5.11 Å². The lowest BCUT2D eigenvalue weighted by Gasteiger charge is -2.38. The van der Waals surface area contributed by atoms with E-state index in [1.54, 1.807) is 12.4 Å². The molecule has 4 rings (SSSR count). The minimum atomic E-state index is -0.633. The highest BCUT2D eigenvalue weighted by molar-refractivity contribution is 5.53. The number of hydrogen-bond donors (Lipinski definition) is 1. The van der Waals surface area contributed by atoms with Crippen LogP contribution in [0.3, 0.4) is 0 Å². The molecule has 0 amide bonds. The van der Waals surface area contributed by atoms with E-state index in [0.717, 1.165) is 55.1 Å². The molecule has 1 fully saturated rings. The van der Waals surface area contributed by atoms with Crippen molar-refractivity contribution in [2.75, 3.05) is 13.1 Å². The van der Waals surface area contributed by atoms with Gasteiger partial charge in [-0.05, 0) is 49.6 Å². The number of piperidine rings is 1. The largest absolute Gasteiger partial charge is 0.441 e. The van der Waals surface area contributed by atoms with Crippen molar-refractivity contribution in [3.63, 3.8) is 0 Å². The molecule has 5 nitrogen and oxygen atoms in total. The summed E-state index contributed by atoms with van der Waals surface area (Å²) in [6.45, 7) is 4.44. The summed E-state index contributed by atoms with van der Waals surface area (Å²) in [5.74, 6) is 1.54. The number of aryl methyl sites for hydroxylation is 1. The Labute approximate surface area is 159 Å². The monoisotopic (exact) mass is 363 g/mol. The van der Waals surface area contributed by atoms with Gasteiger partial charge < -0.3 is 9.52 Å². The standard InChI is InChI=1S/C22H25N3O2/c1-17-20(24-21(27-17)19-5-3-2-4-6-19)16-25-13-9-22(26,10-14-25)15-18-7-11-23-12-8-18/h2-8,11-12,26H,9-10,13-16H2,1H3. The van der Waals surface area contributed by atoms with E-state index in [1.807, 2.05) is 49.4 Å². The lowest BCUT2D eigenvalue weighted by Crippen LogP contribution is -2.45. The number of oxazole rings is 1. The summed E-state index contributed by atoms with van der Waals surface area (Å²) >= 11 is 0. The average molecular weight is 363 g/mol. The first kappa shape index (κ1) is 17.9. The molecule has 0 aliphatic carbocycles. The SMILES string of the molecule is Cc1oc(-c2ccccc2)nc1CN1CCC(O)(Cc2ccncc2)CC1. The van der Waals surface area contributed by atoms with Crippen molar-refractivity contribution in [1.82, 2.24) is 14.9 Å². The Balaban J connectivity index is 1.37. The molecule has 140 valence electrons. The number of rotatable bonds is 5. The lowest BCUT2D eigenvalue weighted by atomic mass is 9.85. The van der Waals surface area contributed by atoms with Crippen LogP contribution in [0.15, 0.2) is 59.3 Å². The summed E-state index contributed by atoms with van der Waals surface area (Å²) in [5.41, 5.74) is 2.48. The summed E-state index contributed by atoms with van der Waals surface area (Å²) in [7, 11) is 0. The smallest absolute Gasteiger partial charge is 0.226 e. The van der Waals surface area contributed by atoms with E-state index in [2.05, 4.69) is 9.88 Å². The van der Waals surface area contributed by atoms with Gasteiger partial charge in [-0.25, -0.2) is 4.98 Å². The zero-order valence-corrected chi connectivity index (χ0v) is 15.6. The minimum absolute atomic E-state index is 0.633. The second kappa shape index (κ2) is 7.62. The van der Waals surface area contributed by atoms with E-state index < -0.39 is 5.60 Å². The topological polar surface area (TPSA) is 62.4 Å². The molecule has 1 aromatic carbocycles. The van der Waals surface area contributed by atoms with Crippen molar-refractivity contribution in [3.05, 3.63) is 71.9 Å². The summed E-state index contributed by atoms with van der Waals surface area (Å²) in [6.07, 6.45) is 5.77. The molecule has 1 aliphatic rings. The zero-order chi connectivity index (χ0) is 18.7. The van der Waals surface area contributed by atoms with Crippen LogP contribution in [0.25, 0.3) is 11.5 Å². The number of benzene rings is 1. The summed E-state index contributed by atoms with van der Waals surface area (Å²) in [6, 6.07) is 13.9. The van der Waals surface area contributed by atoms with Gasteiger partial charge in [0.25, 0.3) is 0 Å². The normalized spacial score (nSPS) is 17.1. The van der Waals surface area contributed by atoms with E-state index in [-0.39, 0.29) is 0 Å². The van der Waals surface area contributed by atoms with Crippen LogP contribution in [0.1, 0.15) is 29.9 Å². The Bertz CT molecular complexity index is 869. The Kier molecular flexibility index (Phi) is 5.05. The average Bonchev–Trinajstić information content (AvgIpc) is 3.06. The van der Waals surface area contributed by atoms with Gasteiger partial charge in [0.05, 0.1) is 11.3 Å². The Hall–Kier alpha value is -2.50. The number of likely N-dealkylation sites (tertiary alicyclic amines) is 1. The molecule has 3 heterocycles. The van der Waals surface area contributed by atoms with Gasteiger partial charge in [-0.2, -0.15) is 0 Å². The Morgan fingerprint density at radius 3 is 2.48 bits per heavy atom. The van der Waals surface area contributed by atoms with E-state index in [4.69, 9.17) is 9.40 Å². The molecule has 2 aromatic heterocycles. The number of aliphatic hydroxyl groups is 1. The molecule has 1 aliphatic heterocycles. The fourth-order valence-corrected chi connectivity index (χ4v) is 3.68. The second-order valence-corrected chi connectivity index (χ2v) is 7.42. The number of nitrogens with zero attached hydrogens (tertiary/aromatic N) is 3. The van der Waals surface area contributed by atoms with Crippen LogP contribution in [-0.2, 0) is 13.0 Å². The van der Waals surface area contributed by atoms with Crippen molar-refractivity contribution in [3.8, 4) is 11.5 Å². The van der Waals surface area contributed by atoms with Crippen LogP contribution < -0.4 is 0 Å². The van der Waals surface area contributed by atoms with E-state index in [1.165, 1.54) is 0 Å². The fraction of sp³-hybridized carbons (Fsp3) is 0.364. The van der Waals surface area contributed by atoms with Gasteiger partial charge in [0.1, 0.15) is 5.76 Å². The molecule has 0 spiro atoms. The molecule has 0 atom stereocenters. The van der Waals surface area contributed by atoms with Gasteiger partial charge in [0.2, 0.25) is 5.89 Å². The van der Waals surface area contributed by atoms with Gasteiger partial charge in [-0.15, -0.1) is 0 Å². The molecule has 0 saturated carbocycles. The van der Waals surface area contributed by atoms with Gasteiger partial charge in [-0.3, -0.25) is 9.88 Å². The highest BCUT2D eigenvalue weighted by Crippen LogP contribution is 2.28. The first-order valence-corrected chi connectivity index (χ1v) is 9.47. The molecule has 0 radical (unpaired) electrons. The number of aromatic nitrogens is 2. The van der Waals surface area contributed by atoms with Crippen molar-refractivity contribution in [2.45, 2.75) is 38.3 Å². The highest BCUT2D eigenvalue weighted by atomic mass is 16.4. The Morgan fingerprint density at radius 2 is 1.78 bits per heavy atom. The van der Waals surface area contributed by atoms with Gasteiger partial charge in [0.15, 0.2) is 0 Å². The first-order valence-electron chi connectivity index (χ1n) is 9.47. The van der Waals surface area contributed by atoms with Crippen molar-refractivity contribution >= 4 is 0 Å². The predicted octanol–water partition coefficient (Wildman–Crippen LogP) is 3.61. The number of pyridine rings is 1. The van der Waals surface area contributed by atoms with Crippen LogP contribution in [0.2, 0.25) is 0 Å². The molecular weight excluding hydrogens is 338 g/mol. The second-order valence-electron chi connectivity index (χ2n) is 7.42. The number of hydrogen-bond acceptors (Lipinski definition) is 5. The van der Waals surface area contributed by atoms with Crippen LogP contribution >= 0.6 is 0 Å². The van der Waals surface area contributed by atoms with E-state index >= 15 is 0 Å². The maximum absolute atomic E-state index is 10.9. The fourth-order valence-electron chi connectivity index (χ4n) is 3.68. The van der Waals surface area contributed by atoms with Crippen LogP contribution in [-0.4, -0.2) is 38.7 Å². The summed E-state index contributed by atoms with van der Waals surface area (Å²) in [4.78, 5) is 11.1. The molecule has 1 saturated heterocycles. The third-order valence-corrected chi connectivity index (χ3v) is 5.36. The van der Waals surface area contributed by atoms with Gasteiger partial charge in [-0.1, -0.05) is 18.2 Å². The van der Waals surface area contributed by atoms with Crippen molar-refractivity contribution in [1.29, 1.82) is 0 Å². The van der Waals surface area contributed by atoms with Crippen molar-refractivity contribution < 1.29 is 9.52 Å². The van der Waals surface area contributed by atoms with Crippen LogP contribution in [0.5, 0.6) is 0 Å². The molecule has 27 heavy (non-hydrogen) atoms. The third-order valence-electron chi connectivity index (χ3n) is 5.36. The molecule has 0 bridgehead atoms. The summed E-state index contributed by atoms with van der Waals surface area (Å²) < 4.78 is 5.87. The maximum Gasteiger partial charge on any atom is 0.226 e. The molecular formula is C22H25N3O2. The lowest BCUT2D eigenvalue weighted by molar-refractivity contribution is -0.0227. The van der Waals surface area contributed by atoms with Crippen LogP contribution in [0, 0.1) is 6.92 Å². The summed E-state index contributed by atoms with van der Waals surface area (Å²) in [5, 5.41) is 10.9. The quantitative estimate of drug-likeness (QED) is 0.750. The maximum atomic E-state index is 10.9. The molecule has 3 aromatic rings. The molecule has 0 unspecified atom stereocenters. The zero-order valence-electron chi connectivity index (χ0n) is 15.6. The molecule has 1 N–H and O–H groups in total. The minimum Gasteiger partial charge on any atom is -0.441 e. The Morgan fingerprint density at radius 1 is 1.07 bits per heavy atom. The first-order chi connectivity index (χ1) is 13.1. The molecule has 5 heteroatoms.